The standard InChI is InChI=1S/C24H20NO/c1-15-12-13-22-24(18-9-5-7-11-21(18)26-22)23(15)20-14-16(2)17-8-4-6-10-19(17)25(20)3/h4-14H,1-3H3/q+1. The molecule has 0 N–H and O–H groups in total. The number of benzene rings is 3. The summed E-state index contributed by atoms with van der Waals surface area (Å²) in [5, 5.41) is 3.67. The van der Waals surface area contributed by atoms with Crippen LogP contribution >= 0.6 is 0 Å². The maximum Gasteiger partial charge on any atom is 0.214 e. The van der Waals surface area contributed by atoms with Crippen LogP contribution in [0.25, 0.3) is 44.1 Å². The highest BCUT2D eigenvalue weighted by atomic mass is 16.3. The molecule has 0 atom stereocenters. The van der Waals surface area contributed by atoms with Gasteiger partial charge in [0.1, 0.15) is 18.2 Å². The van der Waals surface area contributed by atoms with Crippen molar-refractivity contribution in [3.8, 4) is 11.3 Å². The first-order chi connectivity index (χ1) is 12.6. The zero-order chi connectivity index (χ0) is 17.8. The molecular weight excluding hydrogens is 318 g/mol. The van der Waals surface area contributed by atoms with Crippen molar-refractivity contribution in [2.24, 2.45) is 7.05 Å². The Morgan fingerprint density at radius 3 is 2.31 bits per heavy atom. The first kappa shape index (κ1) is 15.2. The van der Waals surface area contributed by atoms with Crippen molar-refractivity contribution >= 4 is 32.8 Å². The Morgan fingerprint density at radius 1 is 0.731 bits per heavy atom. The van der Waals surface area contributed by atoms with E-state index in [9.17, 15) is 0 Å². The van der Waals surface area contributed by atoms with Crippen LogP contribution < -0.4 is 4.57 Å². The number of rotatable bonds is 1. The van der Waals surface area contributed by atoms with Gasteiger partial charge in [0.05, 0.1) is 5.56 Å². The lowest BCUT2D eigenvalue weighted by molar-refractivity contribution is -0.633. The fourth-order valence-corrected chi connectivity index (χ4v) is 4.10. The maximum atomic E-state index is 6.12. The van der Waals surface area contributed by atoms with E-state index in [1.54, 1.807) is 0 Å². The molecule has 2 heteroatoms. The van der Waals surface area contributed by atoms with Gasteiger partial charge < -0.3 is 4.42 Å². The van der Waals surface area contributed by atoms with Gasteiger partial charge in [-0.1, -0.05) is 36.4 Å². The lowest BCUT2D eigenvalue weighted by Gasteiger charge is -2.10. The van der Waals surface area contributed by atoms with Gasteiger partial charge in [-0.15, -0.1) is 0 Å². The fraction of sp³-hybridized carbons (Fsp3) is 0.125. The fourth-order valence-electron chi connectivity index (χ4n) is 4.10. The molecular formula is C24H20NO+. The minimum Gasteiger partial charge on any atom is -0.456 e. The molecule has 2 aromatic heterocycles. The molecule has 0 bridgehead atoms. The van der Waals surface area contributed by atoms with E-state index < -0.39 is 0 Å². The van der Waals surface area contributed by atoms with E-state index in [2.05, 4.69) is 80.1 Å². The van der Waals surface area contributed by atoms with E-state index in [1.807, 2.05) is 12.1 Å². The first-order valence-corrected chi connectivity index (χ1v) is 8.95. The van der Waals surface area contributed by atoms with Crippen molar-refractivity contribution < 1.29 is 8.98 Å². The Balaban J connectivity index is 1.98. The second-order valence-corrected chi connectivity index (χ2v) is 7.02. The lowest BCUT2D eigenvalue weighted by atomic mass is 9.96. The van der Waals surface area contributed by atoms with Gasteiger partial charge >= 0.3 is 0 Å². The minimum atomic E-state index is 0.939. The number of hydrogen-bond acceptors (Lipinski definition) is 1. The number of aryl methyl sites for hydroxylation is 3. The van der Waals surface area contributed by atoms with Crippen LogP contribution in [0.2, 0.25) is 0 Å². The van der Waals surface area contributed by atoms with Crippen molar-refractivity contribution in [3.63, 3.8) is 0 Å². The summed E-state index contributed by atoms with van der Waals surface area (Å²) in [7, 11) is 2.15. The molecule has 26 heavy (non-hydrogen) atoms. The number of nitrogens with zero attached hydrogens (tertiary/aromatic N) is 1. The molecule has 0 radical (unpaired) electrons. The molecule has 0 aliphatic rings. The van der Waals surface area contributed by atoms with Crippen LogP contribution in [0.5, 0.6) is 0 Å². The molecule has 0 saturated carbocycles. The minimum absolute atomic E-state index is 0.939. The highest BCUT2D eigenvalue weighted by molar-refractivity contribution is 6.12. The van der Waals surface area contributed by atoms with Gasteiger partial charge in [-0.3, -0.25) is 0 Å². The number of aromatic nitrogens is 1. The third-order valence-corrected chi connectivity index (χ3v) is 5.41. The predicted molar refractivity (Wildman–Crippen MR) is 107 cm³/mol. The van der Waals surface area contributed by atoms with Crippen LogP contribution in [0.3, 0.4) is 0 Å². The molecule has 0 amide bonds. The van der Waals surface area contributed by atoms with Crippen LogP contribution in [0, 0.1) is 13.8 Å². The highest BCUT2D eigenvalue weighted by Crippen LogP contribution is 2.38. The van der Waals surface area contributed by atoms with Crippen LogP contribution in [-0.4, -0.2) is 0 Å². The van der Waals surface area contributed by atoms with E-state index >= 15 is 0 Å². The maximum absolute atomic E-state index is 6.12. The number of pyridine rings is 1. The molecule has 5 aromatic rings. The highest BCUT2D eigenvalue weighted by Gasteiger charge is 2.22. The Hall–Kier alpha value is -3.13. The number of fused-ring (bicyclic) bond motifs is 4. The van der Waals surface area contributed by atoms with Crippen molar-refractivity contribution in [3.05, 3.63) is 77.9 Å². The molecule has 3 aromatic carbocycles. The first-order valence-electron chi connectivity index (χ1n) is 8.95. The van der Waals surface area contributed by atoms with E-state index in [-0.39, 0.29) is 0 Å². The second-order valence-electron chi connectivity index (χ2n) is 7.02. The Bertz CT molecular complexity index is 1310. The van der Waals surface area contributed by atoms with Gasteiger partial charge in [0, 0.05) is 28.3 Å². The summed E-state index contributed by atoms with van der Waals surface area (Å²) in [5.41, 5.74) is 8.14. The summed E-state index contributed by atoms with van der Waals surface area (Å²) in [6.45, 7) is 4.37. The van der Waals surface area contributed by atoms with Gasteiger partial charge in [-0.2, -0.15) is 4.57 Å². The van der Waals surface area contributed by atoms with Gasteiger partial charge in [-0.25, -0.2) is 0 Å². The normalized spacial score (nSPS) is 11.7. The topological polar surface area (TPSA) is 17.0 Å². The lowest BCUT2D eigenvalue weighted by Crippen LogP contribution is -2.32. The molecule has 0 fully saturated rings. The van der Waals surface area contributed by atoms with Crippen molar-refractivity contribution in [2.45, 2.75) is 13.8 Å². The van der Waals surface area contributed by atoms with Crippen molar-refractivity contribution in [1.82, 2.24) is 0 Å². The van der Waals surface area contributed by atoms with Crippen LogP contribution in [0.1, 0.15) is 11.1 Å². The second kappa shape index (κ2) is 5.43. The van der Waals surface area contributed by atoms with Gasteiger partial charge in [0.2, 0.25) is 11.2 Å². The third kappa shape index (κ3) is 2.02. The quantitative estimate of drug-likeness (QED) is 0.351. The smallest absolute Gasteiger partial charge is 0.214 e. The monoisotopic (exact) mass is 338 g/mol. The number of hydrogen-bond donors (Lipinski definition) is 0. The molecule has 0 aliphatic carbocycles. The summed E-state index contributed by atoms with van der Waals surface area (Å²) in [6.07, 6.45) is 0. The molecule has 2 nitrogen and oxygen atoms in total. The van der Waals surface area contributed by atoms with E-state index in [1.165, 1.54) is 44.1 Å². The van der Waals surface area contributed by atoms with Crippen LogP contribution in [0.4, 0.5) is 0 Å². The van der Waals surface area contributed by atoms with Gasteiger partial charge in [-0.05, 0) is 43.2 Å². The average molecular weight is 338 g/mol. The Morgan fingerprint density at radius 2 is 1.46 bits per heavy atom. The molecule has 0 aliphatic heterocycles. The van der Waals surface area contributed by atoms with Gasteiger partial charge in [0.25, 0.3) is 0 Å². The van der Waals surface area contributed by atoms with E-state index in [0.29, 0.717) is 0 Å². The van der Waals surface area contributed by atoms with Crippen LogP contribution in [0.15, 0.2) is 71.1 Å². The number of furan rings is 1. The van der Waals surface area contributed by atoms with Crippen molar-refractivity contribution in [1.29, 1.82) is 0 Å². The number of para-hydroxylation sites is 2. The summed E-state index contributed by atoms with van der Waals surface area (Å²) < 4.78 is 8.42. The molecule has 0 unspecified atom stereocenters. The predicted octanol–water partition coefficient (Wildman–Crippen LogP) is 5.85. The molecule has 0 spiro atoms. The van der Waals surface area contributed by atoms with Gasteiger partial charge in [0.15, 0.2) is 0 Å². The Kier molecular flexibility index (Phi) is 3.17. The summed E-state index contributed by atoms with van der Waals surface area (Å²) in [6, 6.07) is 23.4. The summed E-state index contributed by atoms with van der Waals surface area (Å²) in [4.78, 5) is 0. The molecule has 0 saturated heterocycles. The van der Waals surface area contributed by atoms with E-state index in [0.717, 1.165) is 11.2 Å². The summed E-state index contributed by atoms with van der Waals surface area (Å²) in [5.74, 6) is 0. The van der Waals surface area contributed by atoms with E-state index in [4.69, 9.17) is 4.42 Å². The van der Waals surface area contributed by atoms with Crippen molar-refractivity contribution in [2.75, 3.05) is 0 Å². The summed E-state index contributed by atoms with van der Waals surface area (Å²) >= 11 is 0. The zero-order valence-corrected chi connectivity index (χ0v) is 15.2. The Labute approximate surface area is 152 Å². The average Bonchev–Trinajstić information content (AvgIpc) is 3.04. The molecule has 2 heterocycles. The van der Waals surface area contributed by atoms with Crippen LogP contribution in [-0.2, 0) is 7.05 Å². The SMILES string of the molecule is Cc1ccc2oc3ccccc3c2c1-c1cc(C)c2ccccc2[n+]1C. The zero-order valence-electron chi connectivity index (χ0n) is 15.2. The molecule has 126 valence electrons. The largest absolute Gasteiger partial charge is 0.456 e. The third-order valence-electron chi connectivity index (χ3n) is 5.41. The molecule has 5 rings (SSSR count).